The number of sulfonamides is 1. The lowest BCUT2D eigenvalue weighted by molar-refractivity contribution is -0.120. The molecule has 2 aromatic heterocycles. The van der Waals surface area contributed by atoms with E-state index in [0.717, 1.165) is 35.6 Å². The van der Waals surface area contributed by atoms with Gasteiger partial charge in [0, 0.05) is 35.8 Å². The van der Waals surface area contributed by atoms with Crippen LogP contribution >= 0.6 is 0 Å². The number of aromatic nitrogens is 3. The van der Waals surface area contributed by atoms with Crippen molar-refractivity contribution < 1.29 is 13.2 Å². The first-order valence-corrected chi connectivity index (χ1v) is 13.8. The zero-order valence-electron chi connectivity index (χ0n) is 21.5. The molecular formula is C27H31N7O3S. The van der Waals surface area contributed by atoms with Gasteiger partial charge < -0.3 is 11.1 Å². The fraction of sp³-hybridized carbons (Fsp3) is 0.296. The number of nitrogens with one attached hydrogen (secondary N) is 2. The Labute approximate surface area is 221 Å². The van der Waals surface area contributed by atoms with Crippen LogP contribution in [0.3, 0.4) is 0 Å². The monoisotopic (exact) mass is 533 g/mol. The van der Waals surface area contributed by atoms with E-state index in [4.69, 9.17) is 5.73 Å². The standard InChI is InChI=1S/C27H31N7O3S/c1-27(2,3)32-38(36,37)23-6-4-5-19(13-23)24-12-11-22-14-29-26(31-34(22)24)30-21-9-7-18(8-10-21)20-15-33(16-20)17-25(28)35/h4-14,20,32H,15-17H2,1-3H3,(H2,28,35)(H,30,31). The number of hydrogen-bond donors (Lipinski definition) is 3. The molecule has 0 aliphatic carbocycles. The third kappa shape index (κ3) is 5.69. The van der Waals surface area contributed by atoms with Gasteiger partial charge in [0.2, 0.25) is 21.9 Å². The van der Waals surface area contributed by atoms with E-state index in [2.05, 4.69) is 32.3 Å². The molecule has 11 heteroatoms. The summed E-state index contributed by atoms with van der Waals surface area (Å²) in [6.45, 7) is 7.36. The largest absolute Gasteiger partial charge is 0.369 e. The fourth-order valence-electron chi connectivity index (χ4n) is 4.56. The SMILES string of the molecule is CC(C)(C)NS(=O)(=O)c1cccc(-c2ccc3cnc(Nc4ccc(C5CN(CC(N)=O)C5)cc4)nn23)c1. The Kier molecular flexibility index (Phi) is 6.68. The number of primary amides is 1. The van der Waals surface area contributed by atoms with Crippen LogP contribution in [0, 0.1) is 0 Å². The van der Waals surface area contributed by atoms with Crippen molar-refractivity contribution in [2.24, 2.45) is 5.73 Å². The number of benzene rings is 2. The summed E-state index contributed by atoms with van der Waals surface area (Å²) in [4.78, 5) is 17.7. The Morgan fingerprint density at radius 1 is 1.08 bits per heavy atom. The fourth-order valence-corrected chi connectivity index (χ4v) is 6.02. The number of rotatable bonds is 8. The number of anilines is 2. The lowest BCUT2D eigenvalue weighted by Gasteiger charge is -2.38. The van der Waals surface area contributed by atoms with Gasteiger partial charge in [-0.05, 0) is 62.7 Å². The van der Waals surface area contributed by atoms with Crippen molar-refractivity contribution in [1.29, 1.82) is 0 Å². The number of hydrogen-bond acceptors (Lipinski definition) is 7. The molecule has 5 rings (SSSR count). The molecule has 0 spiro atoms. The minimum absolute atomic E-state index is 0.191. The number of nitrogens with zero attached hydrogens (tertiary/aromatic N) is 4. The van der Waals surface area contributed by atoms with E-state index in [0.29, 0.717) is 18.4 Å². The molecule has 198 valence electrons. The Bertz CT molecular complexity index is 1590. The number of likely N-dealkylation sites (tertiary alicyclic amines) is 1. The van der Waals surface area contributed by atoms with Crippen molar-refractivity contribution in [2.75, 3.05) is 25.0 Å². The smallest absolute Gasteiger partial charge is 0.245 e. The molecule has 4 aromatic rings. The van der Waals surface area contributed by atoms with Crippen LogP contribution in [-0.2, 0) is 14.8 Å². The molecule has 0 saturated carbocycles. The van der Waals surface area contributed by atoms with Crippen LogP contribution in [-0.4, -0.2) is 59.0 Å². The van der Waals surface area contributed by atoms with Gasteiger partial charge in [0.1, 0.15) is 0 Å². The maximum Gasteiger partial charge on any atom is 0.245 e. The molecule has 2 aromatic carbocycles. The van der Waals surface area contributed by atoms with Crippen molar-refractivity contribution in [1.82, 2.24) is 24.2 Å². The zero-order valence-corrected chi connectivity index (χ0v) is 22.4. The summed E-state index contributed by atoms with van der Waals surface area (Å²) in [5.74, 6) is 0.495. The lowest BCUT2D eigenvalue weighted by Crippen LogP contribution is -2.48. The Morgan fingerprint density at radius 2 is 1.82 bits per heavy atom. The van der Waals surface area contributed by atoms with Gasteiger partial charge in [-0.25, -0.2) is 22.6 Å². The topological polar surface area (TPSA) is 135 Å². The average Bonchev–Trinajstić information content (AvgIpc) is 3.24. The first kappa shape index (κ1) is 25.8. The lowest BCUT2D eigenvalue weighted by atomic mass is 9.91. The van der Waals surface area contributed by atoms with Gasteiger partial charge in [0.25, 0.3) is 0 Å². The van der Waals surface area contributed by atoms with E-state index in [9.17, 15) is 13.2 Å². The normalized spacial score (nSPS) is 14.9. The Hall–Kier alpha value is -3.80. The Morgan fingerprint density at radius 3 is 2.50 bits per heavy atom. The maximum atomic E-state index is 12.9. The third-order valence-electron chi connectivity index (χ3n) is 6.25. The molecule has 38 heavy (non-hydrogen) atoms. The van der Waals surface area contributed by atoms with Crippen molar-refractivity contribution >= 4 is 33.1 Å². The van der Waals surface area contributed by atoms with E-state index in [-0.39, 0.29) is 10.8 Å². The zero-order chi connectivity index (χ0) is 27.1. The van der Waals surface area contributed by atoms with Crippen LogP contribution in [0.4, 0.5) is 11.6 Å². The van der Waals surface area contributed by atoms with Crippen LogP contribution in [0.1, 0.15) is 32.3 Å². The van der Waals surface area contributed by atoms with E-state index in [1.165, 1.54) is 5.56 Å². The summed E-state index contributed by atoms with van der Waals surface area (Å²) < 4.78 is 30.2. The van der Waals surface area contributed by atoms with E-state index in [1.807, 2.05) is 35.2 Å². The number of carbonyl (C=O) groups excluding carboxylic acids is 1. The molecule has 0 bridgehead atoms. The second-order valence-electron chi connectivity index (χ2n) is 10.6. The molecule has 1 amide bonds. The first-order chi connectivity index (χ1) is 18.0. The van der Waals surface area contributed by atoms with Crippen molar-refractivity contribution in [3.05, 3.63) is 72.4 Å². The maximum absolute atomic E-state index is 12.9. The van der Waals surface area contributed by atoms with Crippen molar-refractivity contribution in [3.8, 4) is 11.3 Å². The van der Waals surface area contributed by atoms with Crippen LogP contribution in [0.15, 0.2) is 71.8 Å². The van der Waals surface area contributed by atoms with Gasteiger partial charge in [0.05, 0.1) is 28.8 Å². The van der Waals surface area contributed by atoms with E-state index < -0.39 is 15.6 Å². The summed E-state index contributed by atoms with van der Waals surface area (Å²) in [6.07, 6.45) is 1.72. The van der Waals surface area contributed by atoms with Gasteiger partial charge >= 0.3 is 0 Å². The molecule has 1 saturated heterocycles. The Balaban J connectivity index is 1.34. The minimum Gasteiger partial charge on any atom is -0.369 e. The number of fused-ring (bicyclic) bond motifs is 1. The molecule has 10 nitrogen and oxygen atoms in total. The molecule has 4 N–H and O–H groups in total. The molecule has 1 aliphatic rings. The molecule has 3 heterocycles. The number of carbonyl (C=O) groups is 1. The third-order valence-corrected chi connectivity index (χ3v) is 8.01. The van der Waals surface area contributed by atoms with Crippen LogP contribution in [0.25, 0.3) is 16.8 Å². The van der Waals surface area contributed by atoms with Crippen LogP contribution in [0.5, 0.6) is 0 Å². The number of nitrogens with two attached hydrogens (primary N) is 1. The van der Waals surface area contributed by atoms with Gasteiger partial charge in [-0.1, -0.05) is 24.3 Å². The molecule has 0 radical (unpaired) electrons. The molecule has 1 aliphatic heterocycles. The predicted octanol–water partition coefficient (Wildman–Crippen LogP) is 3.10. The summed E-state index contributed by atoms with van der Waals surface area (Å²) in [5.41, 5.74) is 8.98. The average molecular weight is 534 g/mol. The second-order valence-corrected chi connectivity index (χ2v) is 12.3. The molecular weight excluding hydrogens is 502 g/mol. The van der Waals surface area contributed by atoms with Gasteiger partial charge in [-0.3, -0.25) is 9.69 Å². The highest BCUT2D eigenvalue weighted by atomic mass is 32.2. The summed E-state index contributed by atoms with van der Waals surface area (Å²) in [6, 6.07) is 18.7. The highest BCUT2D eigenvalue weighted by Gasteiger charge is 2.28. The molecule has 1 fully saturated rings. The summed E-state index contributed by atoms with van der Waals surface area (Å²) >= 11 is 0. The summed E-state index contributed by atoms with van der Waals surface area (Å²) in [5, 5.41) is 7.90. The van der Waals surface area contributed by atoms with Gasteiger partial charge in [-0.2, -0.15) is 0 Å². The minimum atomic E-state index is -3.68. The van der Waals surface area contributed by atoms with Crippen LogP contribution in [0.2, 0.25) is 0 Å². The van der Waals surface area contributed by atoms with Crippen molar-refractivity contribution in [2.45, 2.75) is 37.1 Å². The summed E-state index contributed by atoms with van der Waals surface area (Å²) in [7, 11) is -3.68. The van der Waals surface area contributed by atoms with E-state index >= 15 is 0 Å². The predicted molar refractivity (Wildman–Crippen MR) is 147 cm³/mol. The number of amides is 1. The van der Waals surface area contributed by atoms with Crippen LogP contribution < -0.4 is 15.8 Å². The highest BCUT2D eigenvalue weighted by molar-refractivity contribution is 7.89. The molecule has 0 unspecified atom stereocenters. The van der Waals surface area contributed by atoms with E-state index in [1.54, 1.807) is 49.7 Å². The van der Waals surface area contributed by atoms with Crippen molar-refractivity contribution in [3.63, 3.8) is 0 Å². The van der Waals surface area contributed by atoms with Gasteiger partial charge in [0.15, 0.2) is 0 Å². The first-order valence-electron chi connectivity index (χ1n) is 12.3. The second kappa shape index (κ2) is 9.82. The van der Waals surface area contributed by atoms with Gasteiger partial charge in [-0.15, -0.1) is 5.10 Å². The molecule has 0 atom stereocenters. The highest BCUT2D eigenvalue weighted by Crippen LogP contribution is 2.29. The quantitative estimate of drug-likeness (QED) is 0.317.